The average Bonchev–Trinajstić information content (AvgIpc) is 3.02. The second kappa shape index (κ2) is 4.69. The number of fused-ring (bicyclic) bond motifs is 6. The molecule has 1 aromatic carbocycles. The fourth-order valence-electron chi connectivity index (χ4n) is 5.46. The van der Waals surface area contributed by atoms with Crippen molar-refractivity contribution >= 4 is 5.78 Å². The van der Waals surface area contributed by atoms with Gasteiger partial charge in [0.1, 0.15) is 0 Å². The third-order valence-electron chi connectivity index (χ3n) is 6.51. The summed E-state index contributed by atoms with van der Waals surface area (Å²) in [6.45, 7) is 4.46. The molecule has 1 spiro atoms. The maximum absolute atomic E-state index is 12.9. The number of carbonyl (C=O) groups is 1. The topological polar surface area (TPSA) is 17.1 Å². The minimum atomic E-state index is -0.119. The van der Waals surface area contributed by atoms with Gasteiger partial charge in [0.05, 0.1) is 0 Å². The third kappa shape index (κ3) is 1.63. The largest absolute Gasteiger partial charge is 0.294 e. The van der Waals surface area contributed by atoms with Crippen LogP contribution in [0.1, 0.15) is 55.5 Å². The first-order valence-corrected chi connectivity index (χ1v) is 9.02. The lowest BCUT2D eigenvalue weighted by atomic mass is 9.65. The second-order valence-electron chi connectivity index (χ2n) is 7.89. The number of carbonyl (C=O) groups excluding carboxylic acids is 1. The van der Waals surface area contributed by atoms with Crippen LogP contribution in [-0.2, 0) is 5.41 Å². The Bertz CT molecular complexity index is 906. The predicted molar refractivity (Wildman–Crippen MR) is 97.0 cm³/mol. The van der Waals surface area contributed by atoms with Crippen LogP contribution in [0.25, 0.3) is 0 Å². The smallest absolute Gasteiger partial charge is 0.164 e. The number of hydrogen-bond acceptors (Lipinski definition) is 1. The number of benzene rings is 1. The second-order valence-corrected chi connectivity index (χ2v) is 7.89. The number of ketones is 1. The van der Waals surface area contributed by atoms with Crippen molar-refractivity contribution in [2.75, 3.05) is 0 Å². The molecule has 1 heteroatoms. The van der Waals surface area contributed by atoms with E-state index in [4.69, 9.17) is 0 Å². The van der Waals surface area contributed by atoms with E-state index in [1.165, 1.54) is 33.4 Å². The molecule has 2 unspecified atom stereocenters. The van der Waals surface area contributed by atoms with Gasteiger partial charge in [0.25, 0.3) is 0 Å². The lowest BCUT2D eigenvalue weighted by Gasteiger charge is -2.36. The standard InChI is InChI=1S/C23H22O/c1-14-7-9-16-17-10-8-15(2)12-21(17)23(20(16)11-14)13-22(24)18-5-3-4-6-19(18)23/h3-7,9,12,20H,8,10-11,13H2,1-2H3. The van der Waals surface area contributed by atoms with Gasteiger partial charge in [-0.2, -0.15) is 0 Å². The van der Waals surface area contributed by atoms with Gasteiger partial charge >= 0.3 is 0 Å². The Morgan fingerprint density at radius 3 is 2.75 bits per heavy atom. The van der Waals surface area contributed by atoms with Crippen molar-refractivity contribution in [1.82, 2.24) is 0 Å². The SMILES string of the molecule is CC1=CC2=C(CC1)C1=CC=C(C)CC1C21CC(=O)c2ccccc21. The average molecular weight is 314 g/mol. The molecule has 1 aromatic rings. The van der Waals surface area contributed by atoms with E-state index in [1.807, 2.05) is 12.1 Å². The molecule has 0 bridgehead atoms. The van der Waals surface area contributed by atoms with Gasteiger partial charge in [-0.15, -0.1) is 0 Å². The Kier molecular flexibility index (Phi) is 2.78. The summed E-state index contributed by atoms with van der Waals surface area (Å²) in [6, 6.07) is 8.34. The van der Waals surface area contributed by atoms with Crippen LogP contribution in [0.4, 0.5) is 0 Å². The summed E-state index contributed by atoms with van der Waals surface area (Å²) >= 11 is 0. The summed E-state index contributed by atoms with van der Waals surface area (Å²) in [5.74, 6) is 0.754. The van der Waals surface area contributed by atoms with Gasteiger partial charge in [0.15, 0.2) is 5.78 Å². The Hall–Kier alpha value is -2.15. The van der Waals surface area contributed by atoms with Crippen LogP contribution < -0.4 is 0 Å². The summed E-state index contributed by atoms with van der Waals surface area (Å²) in [5.41, 5.74) is 9.47. The molecule has 24 heavy (non-hydrogen) atoms. The van der Waals surface area contributed by atoms with Crippen molar-refractivity contribution in [2.45, 2.75) is 44.9 Å². The molecule has 4 aliphatic carbocycles. The Morgan fingerprint density at radius 1 is 1.04 bits per heavy atom. The van der Waals surface area contributed by atoms with Crippen LogP contribution in [0.15, 0.2) is 70.4 Å². The molecule has 0 amide bonds. The molecule has 5 rings (SSSR count). The van der Waals surface area contributed by atoms with E-state index in [-0.39, 0.29) is 5.41 Å². The lowest BCUT2D eigenvalue weighted by Crippen LogP contribution is -2.33. The van der Waals surface area contributed by atoms with Crippen molar-refractivity contribution in [3.05, 3.63) is 81.5 Å². The summed E-state index contributed by atoms with van der Waals surface area (Å²) in [4.78, 5) is 12.9. The zero-order valence-electron chi connectivity index (χ0n) is 14.4. The van der Waals surface area contributed by atoms with E-state index in [0.29, 0.717) is 18.1 Å². The van der Waals surface area contributed by atoms with Crippen molar-refractivity contribution in [3.8, 4) is 0 Å². The van der Waals surface area contributed by atoms with E-state index in [0.717, 1.165) is 24.8 Å². The highest BCUT2D eigenvalue weighted by Gasteiger charge is 2.56. The first-order chi connectivity index (χ1) is 11.6. The normalized spacial score (nSPS) is 30.7. The molecule has 4 aliphatic rings. The number of hydrogen-bond donors (Lipinski definition) is 0. The van der Waals surface area contributed by atoms with Gasteiger partial charge in [-0.1, -0.05) is 53.6 Å². The van der Waals surface area contributed by atoms with Crippen molar-refractivity contribution in [1.29, 1.82) is 0 Å². The van der Waals surface area contributed by atoms with Gasteiger partial charge in [-0.3, -0.25) is 4.79 Å². The first kappa shape index (κ1) is 14.2. The van der Waals surface area contributed by atoms with Gasteiger partial charge in [0, 0.05) is 23.3 Å². The maximum Gasteiger partial charge on any atom is 0.164 e. The van der Waals surface area contributed by atoms with Crippen molar-refractivity contribution in [2.24, 2.45) is 5.92 Å². The van der Waals surface area contributed by atoms with Crippen LogP contribution >= 0.6 is 0 Å². The van der Waals surface area contributed by atoms with Gasteiger partial charge in [-0.25, -0.2) is 0 Å². The van der Waals surface area contributed by atoms with E-state index in [9.17, 15) is 4.79 Å². The van der Waals surface area contributed by atoms with Gasteiger partial charge in [0.2, 0.25) is 0 Å². The fraction of sp³-hybridized carbons (Fsp3) is 0.348. The molecule has 0 aliphatic heterocycles. The molecule has 0 saturated carbocycles. The Labute approximate surface area is 143 Å². The zero-order valence-corrected chi connectivity index (χ0v) is 14.4. The minimum Gasteiger partial charge on any atom is -0.294 e. The third-order valence-corrected chi connectivity index (χ3v) is 6.51. The number of allylic oxidation sites excluding steroid dienone is 8. The van der Waals surface area contributed by atoms with E-state index in [1.54, 1.807) is 0 Å². The summed E-state index contributed by atoms with van der Waals surface area (Å²) in [5, 5.41) is 0. The highest BCUT2D eigenvalue weighted by atomic mass is 16.1. The quantitative estimate of drug-likeness (QED) is 0.622. The molecule has 0 heterocycles. The molecule has 1 nitrogen and oxygen atoms in total. The molecule has 0 fully saturated rings. The fourth-order valence-corrected chi connectivity index (χ4v) is 5.46. The van der Waals surface area contributed by atoms with E-state index < -0.39 is 0 Å². The van der Waals surface area contributed by atoms with Crippen molar-refractivity contribution < 1.29 is 4.79 Å². The molecular weight excluding hydrogens is 292 g/mol. The summed E-state index contributed by atoms with van der Waals surface area (Å²) < 4.78 is 0. The first-order valence-electron chi connectivity index (χ1n) is 9.02. The molecule has 2 atom stereocenters. The molecule has 0 aromatic heterocycles. The van der Waals surface area contributed by atoms with Gasteiger partial charge < -0.3 is 0 Å². The molecule has 120 valence electrons. The predicted octanol–water partition coefficient (Wildman–Crippen LogP) is 5.45. The van der Waals surface area contributed by atoms with Crippen LogP contribution in [-0.4, -0.2) is 5.78 Å². The van der Waals surface area contributed by atoms with Crippen LogP contribution in [0, 0.1) is 5.92 Å². The Morgan fingerprint density at radius 2 is 1.88 bits per heavy atom. The van der Waals surface area contributed by atoms with E-state index >= 15 is 0 Å². The zero-order chi connectivity index (χ0) is 16.5. The monoisotopic (exact) mass is 314 g/mol. The van der Waals surface area contributed by atoms with Crippen LogP contribution in [0.3, 0.4) is 0 Å². The Balaban J connectivity index is 1.83. The van der Waals surface area contributed by atoms with Crippen LogP contribution in [0.5, 0.6) is 0 Å². The van der Waals surface area contributed by atoms with Crippen molar-refractivity contribution in [3.63, 3.8) is 0 Å². The number of Topliss-reactive ketones (excluding diaryl/α,β-unsaturated/α-hetero) is 1. The number of rotatable bonds is 0. The lowest BCUT2D eigenvalue weighted by molar-refractivity contribution is 0.0972. The maximum atomic E-state index is 12.9. The summed E-state index contributed by atoms with van der Waals surface area (Å²) in [7, 11) is 0. The molecule has 0 radical (unpaired) electrons. The molecular formula is C23H22O. The van der Waals surface area contributed by atoms with E-state index in [2.05, 4.69) is 44.2 Å². The van der Waals surface area contributed by atoms with Gasteiger partial charge in [-0.05, 0) is 55.4 Å². The molecule has 0 saturated heterocycles. The highest BCUT2D eigenvalue weighted by Crippen LogP contribution is 2.62. The summed E-state index contributed by atoms with van der Waals surface area (Å²) in [6.07, 6.45) is 11.0. The molecule has 0 N–H and O–H groups in total. The highest BCUT2D eigenvalue weighted by molar-refractivity contribution is 6.04. The van der Waals surface area contributed by atoms with Crippen LogP contribution in [0.2, 0.25) is 0 Å². The minimum absolute atomic E-state index is 0.119.